The van der Waals surface area contributed by atoms with Crippen LogP contribution in [0.5, 0.6) is 0 Å². The van der Waals surface area contributed by atoms with Gasteiger partial charge in [0, 0.05) is 0 Å². The van der Waals surface area contributed by atoms with Crippen LogP contribution >= 0.6 is 0 Å². The first-order valence-electron chi connectivity index (χ1n) is 4.34. The molecular formula is C9H14O5. The summed E-state index contributed by atoms with van der Waals surface area (Å²) in [4.78, 5) is 21.3. The van der Waals surface area contributed by atoms with Crippen molar-refractivity contribution in [3.63, 3.8) is 0 Å². The quantitative estimate of drug-likeness (QED) is 0.293. The molecule has 0 atom stereocenters. The van der Waals surface area contributed by atoms with Crippen molar-refractivity contribution in [3.8, 4) is 0 Å². The largest absolute Gasteiger partial charge is 0.515 e. The summed E-state index contributed by atoms with van der Waals surface area (Å²) >= 11 is 0. The lowest BCUT2D eigenvalue weighted by molar-refractivity contribution is -0.143. The van der Waals surface area contributed by atoms with Crippen molar-refractivity contribution in [2.24, 2.45) is 0 Å². The first kappa shape index (κ1) is 12.5. The van der Waals surface area contributed by atoms with Gasteiger partial charge in [-0.05, 0) is 6.42 Å². The molecule has 80 valence electrons. The Hall–Kier alpha value is -1.52. The first-order valence-corrected chi connectivity index (χ1v) is 4.34. The van der Waals surface area contributed by atoms with Gasteiger partial charge in [-0.15, -0.1) is 0 Å². The van der Waals surface area contributed by atoms with Gasteiger partial charge in [0.1, 0.15) is 0 Å². The van der Waals surface area contributed by atoms with E-state index in [0.717, 1.165) is 12.8 Å². The SMILES string of the molecule is CCCCOC(=O)C(=CO)CC(=O)O. The highest BCUT2D eigenvalue weighted by Gasteiger charge is 2.14. The Bertz CT molecular complexity index is 231. The summed E-state index contributed by atoms with van der Waals surface area (Å²) in [5.74, 6) is -1.96. The fraction of sp³-hybridized carbons (Fsp3) is 0.556. The van der Waals surface area contributed by atoms with Crippen molar-refractivity contribution in [2.75, 3.05) is 6.61 Å². The van der Waals surface area contributed by atoms with Crippen molar-refractivity contribution >= 4 is 11.9 Å². The minimum Gasteiger partial charge on any atom is -0.515 e. The fourth-order valence-electron chi connectivity index (χ4n) is 0.735. The van der Waals surface area contributed by atoms with E-state index in [1.54, 1.807) is 0 Å². The van der Waals surface area contributed by atoms with Crippen molar-refractivity contribution in [3.05, 3.63) is 11.8 Å². The average Bonchev–Trinajstić information content (AvgIpc) is 2.14. The maximum Gasteiger partial charge on any atom is 0.337 e. The van der Waals surface area contributed by atoms with Crippen LogP contribution in [0.15, 0.2) is 11.8 Å². The second-order valence-corrected chi connectivity index (χ2v) is 2.71. The topological polar surface area (TPSA) is 83.8 Å². The van der Waals surface area contributed by atoms with Crippen molar-refractivity contribution in [1.29, 1.82) is 0 Å². The molecule has 0 saturated carbocycles. The van der Waals surface area contributed by atoms with E-state index in [-0.39, 0.29) is 12.2 Å². The van der Waals surface area contributed by atoms with Gasteiger partial charge in [0.2, 0.25) is 0 Å². The lowest BCUT2D eigenvalue weighted by Crippen LogP contribution is -2.12. The molecule has 0 aromatic rings. The summed E-state index contributed by atoms with van der Waals surface area (Å²) in [6.45, 7) is 2.18. The molecule has 0 bridgehead atoms. The molecule has 0 rings (SSSR count). The Morgan fingerprint density at radius 1 is 1.43 bits per heavy atom. The molecule has 0 aliphatic carbocycles. The molecule has 0 radical (unpaired) electrons. The summed E-state index contributed by atoms with van der Waals surface area (Å²) in [7, 11) is 0. The number of rotatable bonds is 6. The minimum absolute atomic E-state index is 0.242. The molecule has 0 aliphatic heterocycles. The third kappa shape index (κ3) is 5.18. The van der Waals surface area contributed by atoms with E-state index >= 15 is 0 Å². The van der Waals surface area contributed by atoms with E-state index in [1.807, 2.05) is 6.92 Å². The molecule has 0 aromatic heterocycles. The van der Waals surface area contributed by atoms with Crippen LogP contribution in [0.2, 0.25) is 0 Å². The lowest BCUT2D eigenvalue weighted by Gasteiger charge is -2.04. The number of aliphatic hydroxyl groups is 1. The van der Waals surface area contributed by atoms with Gasteiger partial charge in [-0.2, -0.15) is 0 Å². The fourth-order valence-corrected chi connectivity index (χ4v) is 0.735. The molecule has 0 aromatic carbocycles. The number of aliphatic carboxylic acids is 1. The minimum atomic E-state index is -1.18. The molecule has 0 aliphatic rings. The zero-order chi connectivity index (χ0) is 11.0. The van der Waals surface area contributed by atoms with E-state index in [1.165, 1.54) is 0 Å². The molecule has 5 nitrogen and oxygen atoms in total. The van der Waals surface area contributed by atoms with Crippen molar-refractivity contribution < 1.29 is 24.5 Å². The third-order valence-electron chi connectivity index (χ3n) is 1.49. The Morgan fingerprint density at radius 3 is 2.50 bits per heavy atom. The van der Waals surface area contributed by atoms with Crippen LogP contribution in [0.3, 0.4) is 0 Å². The van der Waals surface area contributed by atoms with Crippen molar-refractivity contribution in [1.82, 2.24) is 0 Å². The van der Waals surface area contributed by atoms with Crippen LogP contribution in [0, 0.1) is 0 Å². The number of ether oxygens (including phenoxy) is 1. The van der Waals surface area contributed by atoms with Gasteiger partial charge in [-0.3, -0.25) is 4.79 Å². The number of esters is 1. The highest BCUT2D eigenvalue weighted by Crippen LogP contribution is 2.04. The van der Waals surface area contributed by atoms with Crippen LogP contribution < -0.4 is 0 Å². The summed E-state index contributed by atoms with van der Waals surface area (Å²) in [5.41, 5.74) is -0.242. The molecule has 0 spiro atoms. The lowest BCUT2D eigenvalue weighted by atomic mass is 10.2. The summed E-state index contributed by atoms with van der Waals surface area (Å²) in [5, 5.41) is 17.0. The Balaban J connectivity index is 4.00. The number of carboxylic acids is 1. The highest BCUT2D eigenvalue weighted by atomic mass is 16.5. The van der Waals surface area contributed by atoms with E-state index in [9.17, 15) is 9.59 Å². The van der Waals surface area contributed by atoms with E-state index in [4.69, 9.17) is 14.9 Å². The Morgan fingerprint density at radius 2 is 2.07 bits per heavy atom. The smallest absolute Gasteiger partial charge is 0.337 e. The van der Waals surface area contributed by atoms with E-state index < -0.39 is 18.4 Å². The van der Waals surface area contributed by atoms with Crippen LogP contribution in [0.1, 0.15) is 26.2 Å². The molecule has 0 saturated heterocycles. The molecule has 5 heteroatoms. The van der Waals surface area contributed by atoms with Gasteiger partial charge in [0.15, 0.2) is 0 Å². The zero-order valence-electron chi connectivity index (χ0n) is 8.02. The monoisotopic (exact) mass is 202 g/mol. The molecular weight excluding hydrogens is 188 g/mol. The van der Waals surface area contributed by atoms with Crippen LogP contribution in [-0.4, -0.2) is 28.8 Å². The molecule has 14 heavy (non-hydrogen) atoms. The second kappa shape index (κ2) is 6.94. The second-order valence-electron chi connectivity index (χ2n) is 2.71. The van der Waals surface area contributed by atoms with E-state index in [0.29, 0.717) is 6.26 Å². The van der Waals surface area contributed by atoms with Gasteiger partial charge in [0.25, 0.3) is 0 Å². The predicted molar refractivity (Wildman–Crippen MR) is 48.8 cm³/mol. The Kier molecular flexibility index (Phi) is 6.19. The average molecular weight is 202 g/mol. The molecule has 2 N–H and O–H groups in total. The predicted octanol–water partition coefficient (Wildman–Crippen LogP) is 1.25. The first-order chi connectivity index (χ1) is 6.61. The number of hydrogen-bond donors (Lipinski definition) is 2. The maximum atomic E-state index is 11.1. The summed E-state index contributed by atoms with van der Waals surface area (Å²) in [6, 6.07) is 0. The van der Waals surface area contributed by atoms with Crippen LogP contribution in [-0.2, 0) is 14.3 Å². The summed E-state index contributed by atoms with van der Waals surface area (Å²) in [6.07, 6.45) is 1.55. The highest BCUT2D eigenvalue weighted by molar-refractivity contribution is 5.93. The van der Waals surface area contributed by atoms with Gasteiger partial charge < -0.3 is 14.9 Å². The Labute approximate surface area is 82.0 Å². The number of carboxylic acid groups (broad SMARTS) is 1. The maximum absolute atomic E-state index is 11.1. The number of hydrogen-bond acceptors (Lipinski definition) is 4. The van der Waals surface area contributed by atoms with Crippen LogP contribution in [0.25, 0.3) is 0 Å². The van der Waals surface area contributed by atoms with Gasteiger partial charge >= 0.3 is 11.9 Å². The van der Waals surface area contributed by atoms with Gasteiger partial charge in [-0.1, -0.05) is 13.3 Å². The molecule has 0 heterocycles. The number of carbonyl (C=O) groups is 2. The van der Waals surface area contributed by atoms with Gasteiger partial charge in [-0.25, -0.2) is 4.79 Å². The number of unbranched alkanes of at least 4 members (excludes halogenated alkanes) is 1. The van der Waals surface area contributed by atoms with Gasteiger partial charge in [0.05, 0.1) is 24.9 Å². The van der Waals surface area contributed by atoms with Crippen LogP contribution in [0.4, 0.5) is 0 Å². The summed E-state index contributed by atoms with van der Waals surface area (Å²) < 4.78 is 4.71. The zero-order valence-corrected chi connectivity index (χ0v) is 8.02. The van der Waals surface area contributed by atoms with Crippen molar-refractivity contribution in [2.45, 2.75) is 26.2 Å². The normalized spacial score (nSPS) is 11.1. The number of carbonyl (C=O) groups excluding carboxylic acids is 1. The standard InChI is InChI=1S/C9H14O5/c1-2-3-4-14-9(13)7(6-10)5-8(11)12/h6,10H,2-5H2,1H3,(H,11,12). The molecule has 0 fully saturated rings. The third-order valence-corrected chi connectivity index (χ3v) is 1.49. The molecule has 0 unspecified atom stereocenters. The number of aliphatic hydroxyl groups excluding tert-OH is 1. The van der Waals surface area contributed by atoms with E-state index in [2.05, 4.69) is 0 Å². The molecule has 0 amide bonds.